The van der Waals surface area contributed by atoms with Gasteiger partial charge in [-0.2, -0.15) is 5.26 Å². The number of nitrogens with one attached hydrogen (secondary N) is 1. The Bertz CT molecular complexity index is 503. The minimum atomic E-state index is -3.25. The predicted molar refractivity (Wildman–Crippen MR) is 63.6 cm³/mol. The summed E-state index contributed by atoms with van der Waals surface area (Å²) in [6, 6.07) is 9.19. The molecule has 5 heteroatoms. The van der Waals surface area contributed by atoms with E-state index >= 15 is 0 Å². The number of hydrogen-bond donors (Lipinski definition) is 1. The normalized spacial score (nSPS) is 12.8. The third-order valence-electron chi connectivity index (χ3n) is 2.16. The second kappa shape index (κ2) is 4.99. The van der Waals surface area contributed by atoms with Gasteiger partial charge >= 0.3 is 0 Å². The standard InChI is InChI=1S/C11H14N2O2S/c1-9(6-7-12)10-4-3-5-11(8-10)13-16(2,14)15/h3-5,8-9,13H,6H2,1-2H3. The highest BCUT2D eigenvalue weighted by Crippen LogP contribution is 2.21. The molecule has 0 aliphatic heterocycles. The first-order valence-corrected chi connectivity index (χ1v) is 6.76. The van der Waals surface area contributed by atoms with Crippen LogP contribution < -0.4 is 4.72 Å². The van der Waals surface area contributed by atoms with Gasteiger partial charge in [0.15, 0.2) is 0 Å². The van der Waals surface area contributed by atoms with Crippen LogP contribution in [-0.2, 0) is 10.0 Å². The Balaban J connectivity index is 2.92. The van der Waals surface area contributed by atoms with Crippen molar-refractivity contribution in [1.29, 1.82) is 5.26 Å². The number of sulfonamides is 1. The lowest BCUT2D eigenvalue weighted by Gasteiger charge is -2.10. The summed E-state index contributed by atoms with van der Waals surface area (Å²) in [4.78, 5) is 0. The smallest absolute Gasteiger partial charge is 0.229 e. The maximum Gasteiger partial charge on any atom is 0.229 e. The van der Waals surface area contributed by atoms with Crippen molar-refractivity contribution in [1.82, 2.24) is 0 Å². The molecule has 0 heterocycles. The van der Waals surface area contributed by atoms with Crippen LogP contribution in [0.25, 0.3) is 0 Å². The van der Waals surface area contributed by atoms with E-state index in [0.29, 0.717) is 12.1 Å². The summed E-state index contributed by atoms with van der Waals surface area (Å²) >= 11 is 0. The van der Waals surface area contributed by atoms with E-state index in [4.69, 9.17) is 5.26 Å². The van der Waals surface area contributed by atoms with Crippen LogP contribution >= 0.6 is 0 Å². The third kappa shape index (κ3) is 3.91. The van der Waals surface area contributed by atoms with E-state index in [9.17, 15) is 8.42 Å². The lowest BCUT2D eigenvalue weighted by atomic mass is 9.98. The van der Waals surface area contributed by atoms with Gasteiger partial charge in [-0.25, -0.2) is 8.42 Å². The van der Waals surface area contributed by atoms with Gasteiger partial charge in [0.25, 0.3) is 0 Å². The largest absolute Gasteiger partial charge is 0.284 e. The van der Waals surface area contributed by atoms with Crippen molar-refractivity contribution >= 4 is 15.7 Å². The van der Waals surface area contributed by atoms with Gasteiger partial charge < -0.3 is 0 Å². The van der Waals surface area contributed by atoms with Crippen LogP contribution in [0.4, 0.5) is 5.69 Å². The zero-order chi connectivity index (χ0) is 12.2. The Labute approximate surface area is 96.0 Å². The van der Waals surface area contributed by atoms with Crippen molar-refractivity contribution in [2.24, 2.45) is 0 Å². The number of rotatable bonds is 4. The molecule has 0 amide bonds. The molecule has 1 unspecified atom stereocenters. The minimum absolute atomic E-state index is 0.103. The molecule has 0 aromatic heterocycles. The first-order chi connectivity index (χ1) is 7.42. The van der Waals surface area contributed by atoms with Gasteiger partial charge in [0, 0.05) is 12.1 Å². The third-order valence-corrected chi connectivity index (χ3v) is 2.76. The van der Waals surface area contributed by atoms with E-state index in [2.05, 4.69) is 10.8 Å². The molecule has 1 atom stereocenters. The molecule has 0 aliphatic carbocycles. The molecule has 86 valence electrons. The first kappa shape index (κ1) is 12.5. The number of nitrogens with zero attached hydrogens (tertiary/aromatic N) is 1. The molecule has 0 spiro atoms. The van der Waals surface area contributed by atoms with Gasteiger partial charge in [-0.3, -0.25) is 4.72 Å². The summed E-state index contributed by atoms with van der Waals surface area (Å²) < 4.78 is 24.5. The highest BCUT2D eigenvalue weighted by molar-refractivity contribution is 7.92. The number of anilines is 1. The highest BCUT2D eigenvalue weighted by Gasteiger charge is 2.07. The molecule has 4 nitrogen and oxygen atoms in total. The number of hydrogen-bond acceptors (Lipinski definition) is 3. The molecule has 16 heavy (non-hydrogen) atoms. The summed E-state index contributed by atoms with van der Waals surface area (Å²) in [5.41, 5.74) is 1.49. The van der Waals surface area contributed by atoms with Crippen LogP contribution in [0.3, 0.4) is 0 Å². The Hall–Kier alpha value is -1.54. The molecule has 0 saturated heterocycles. The Morgan fingerprint density at radius 2 is 2.19 bits per heavy atom. The fraction of sp³-hybridized carbons (Fsp3) is 0.364. The Morgan fingerprint density at radius 1 is 1.50 bits per heavy atom. The van der Waals surface area contributed by atoms with Crippen LogP contribution in [0.2, 0.25) is 0 Å². The second-order valence-corrected chi connectivity index (χ2v) is 5.51. The maximum absolute atomic E-state index is 11.0. The zero-order valence-corrected chi connectivity index (χ0v) is 10.1. The molecule has 0 saturated carbocycles. The summed E-state index contributed by atoms with van der Waals surface area (Å²) in [5.74, 6) is 0.103. The monoisotopic (exact) mass is 238 g/mol. The van der Waals surface area contributed by atoms with E-state index < -0.39 is 10.0 Å². The van der Waals surface area contributed by atoms with Crippen molar-refractivity contribution in [3.8, 4) is 6.07 Å². The van der Waals surface area contributed by atoms with Crippen LogP contribution in [0.1, 0.15) is 24.8 Å². The molecule has 1 aromatic carbocycles. The van der Waals surface area contributed by atoms with Gasteiger partial charge in [-0.05, 0) is 23.6 Å². The zero-order valence-electron chi connectivity index (χ0n) is 9.27. The van der Waals surface area contributed by atoms with E-state index in [-0.39, 0.29) is 5.92 Å². The topological polar surface area (TPSA) is 70.0 Å². The van der Waals surface area contributed by atoms with E-state index in [1.165, 1.54) is 0 Å². The van der Waals surface area contributed by atoms with E-state index in [0.717, 1.165) is 11.8 Å². The Morgan fingerprint density at radius 3 is 2.75 bits per heavy atom. The minimum Gasteiger partial charge on any atom is -0.284 e. The quantitative estimate of drug-likeness (QED) is 0.873. The second-order valence-electron chi connectivity index (χ2n) is 3.76. The molecule has 1 rings (SSSR count). The predicted octanol–water partition coefficient (Wildman–Crippen LogP) is 2.08. The summed E-state index contributed by atoms with van der Waals surface area (Å²) in [7, 11) is -3.25. The molecule has 1 aromatic rings. The molecule has 0 radical (unpaired) electrons. The van der Waals surface area contributed by atoms with Crippen LogP contribution in [-0.4, -0.2) is 14.7 Å². The SMILES string of the molecule is CC(CC#N)c1cccc(NS(C)(=O)=O)c1. The van der Waals surface area contributed by atoms with Gasteiger partial charge in [0.1, 0.15) is 0 Å². The molecule has 0 bridgehead atoms. The first-order valence-electron chi connectivity index (χ1n) is 4.87. The average molecular weight is 238 g/mol. The van der Waals surface area contributed by atoms with E-state index in [1.807, 2.05) is 13.0 Å². The van der Waals surface area contributed by atoms with E-state index in [1.54, 1.807) is 18.2 Å². The molecule has 0 fully saturated rings. The molecular weight excluding hydrogens is 224 g/mol. The van der Waals surface area contributed by atoms with Gasteiger partial charge in [-0.15, -0.1) is 0 Å². The maximum atomic E-state index is 11.0. The lowest BCUT2D eigenvalue weighted by Crippen LogP contribution is -2.09. The Kier molecular flexibility index (Phi) is 3.91. The van der Waals surface area contributed by atoms with Crippen molar-refractivity contribution in [3.63, 3.8) is 0 Å². The van der Waals surface area contributed by atoms with Crippen LogP contribution in [0.5, 0.6) is 0 Å². The van der Waals surface area contributed by atoms with Crippen molar-refractivity contribution in [2.75, 3.05) is 11.0 Å². The lowest BCUT2D eigenvalue weighted by molar-refractivity contribution is 0.607. The molecule has 0 aliphatic rings. The number of benzene rings is 1. The van der Waals surface area contributed by atoms with Gasteiger partial charge in [0.2, 0.25) is 10.0 Å². The fourth-order valence-corrected chi connectivity index (χ4v) is 1.93. The molecular formula is C11H14N2O2S. The van der Waals surface area contributed by atoms with Crippen molar-refractivity contribution < 1.29 is 8.42 Å². The summed E-state index contributed by atoms with van der Waals surface area (Å²) in [6.45, 7) is 1.93. The van der Waals surface area contributed by atoms with Crippen molar-refractivity contribution in [3.05, 3.63) is 29.8 Å². The fourth-order valence-electron chi connectivity index (χ4n) is 1.38. The van der Waals surface area contributed by atoms with Gasteiger partial charge in [-0.1, -0.05) is 19.1 Å². The number of nitriles is 1. The average Bonchev–Trinajstić information content (AvgIpc) is 2.16. The summed E-state index contributed by atoms with van der Waals surface area (Å²) in [5, 5.41) is 8.59. The summed E-state index contributed by atoms with van der Waals surface area (Å²) in [6.07, 6.45) is 1.53. The highest BCUT2D eigenvalue weighted by atomic mass is 32.2. The van der Waals surface area contributed by atoms with Gasteiger partial charge in [0.05, 0.1) is 12.3 Å². The van der Waals surface area contributed by atoms with Crippen LogP contribution in [0, 0.1) is 11.3 Å². The van der Waals surface area contributed by atoms with Crippen LogP contribution in [0.15, 0.2) is 24.3 Å². The molecule has 1 N–H and O–H groups in total. The van der Waals surface area contributed by atoms with Crippen molar-refractivity contribution in [2.45, 2.75) is 19.3 Å².